The number of rotatable bonds is 3. The summed E-state index contributed by atoms with van der Waals surface area (Å²) >= 11 is 7.17. The van der Waals surface area contributed by atoms with E-state index in [0.717, 1.165) is 16.1 Å². The zero-order chi connectivity index (χ0) is 13.7. The first-order valence-electron chi connectivity index (χ1n) is 5.55. The third-order valence-corrected chi connectivity index (χ3v) is 3.43. The molecule has 1 aromatic heterocycles. The van der Waals surface area contributed by atoms with Gasteiger partial charge in [-0.2, -0.15) is 5.10 Å². The number of anilines is 1. The van der Waals surface area contributed by atoms with E-state index in [9.17, 15) is 4.79 Å². The highest BCUT2D eigenvalue weighted by Gasteiger charge is 1.99. The summed E-state index contributed by atoms with van der Waals surface area (Å²) < 4.78 is 0.686. The Morgan fingerprint density at radius 3 is 2.63 bits per heavy atom. The van der Waals surface area contributed by atoms with E-state index in [1.165, 1.54) is 11.3 Å². The van der Waals surface area contributed by atoms with Crippen molar-refractivity contribution in [2.75, 3.05) is 5.32 Å². The number of thiophene rings is 1. The van der Waals surface area contributed by atoms with Crippen LogP contribution in [0.1, 0.15) is 10.4 Å². The molecular formula is C13H12ClN3OS. The van der Waals surface area contributed by atoms with Crippen LogP contribution in [0, 0.1) is 6.92 Å². The van der Waals surface area contributed by atoms with Crippen molar-refractivity contribution in [3.05, 3.63) is 51.2 Å². The van der Waals surface area contributed by atoms with Gasteiger partial charge in [-0.3, -0.25) is 0 Å². The van der Waals surface area contributed by atoms with Gasteiger partial charge < -0.3 is 5.32 Å². The predicted octanol–water partition coefficient (Wildman–Crippen LogP) is 3.87. The van der Waals surface area contributed by atoms with Crippen LogP contribution in [0.3, 0.4) is 0 Å². The average Bonchev–Trinajstić information content (AvgIpc) is 2.78. The molecule has 0 fully saturated rings. The Morgan fingerprint density at radius 1 is 1.26 bits per heavy atom. The minimum absolute atomic E-state index is 0.386. The van der Waals surface area contributed by atoms with E-state index in [-0.39, 0.29) is 6.03 Å². The van der Waals surface area contributed by atoms with E-state index >= 15 is 0 Å². The fourth-order valence-electron chi connectivity index (χ4n) is 1.35. The number of hydrazone groups is 1. The fraction of sp³-hybridized carbons (Fsp3) is 0.0769. The topological polar surface area (TPSA) is 53.5 Å². The van der Waals surface area contributed by atoms with Crippen molar-refractivity contribution < 1.29 is 4.79 Å². The van der Waals surface area contributed by atoms with Crippen LogP contribution in [0.15, 0.2) is 41.5 Å². The van der Waals surface area contributed by atoms with Crippen LogP contribution in [0.2, 0.25) is 4.34 Å². The Hall–Kier alpha value is -1.85. The van der Waals surface area contributed by atoms with Gasteiger partial charge in [-0.25, -0.2) is 10.2 Å². The molecule has 6 heteroatoms. The predicted molar refractivity (Wildman–Crippen MR) is 80.3 cm³/mol. The van der Waals surface area contributed by atoms with Crippen molar-refractivity contribution >= 4 is 40.9 Å². The monoisotopic (exact) mass is 293 g/mol. The summed E-state index contributed by atoms with van der Waals surface area (Å²) in [6.07, 6.45) is 1.55. The Bertz CT molecular complexity index is 592. The van der Waals surface area contributed by atoms with Gasteiger partial charge in [0.15, 0.2) is 0 Å². The van der Waals surface area contributed by atoms with Crippen LogP contribution >= 0.6 is 22.9 Å². The molecule has 0 radical (unpaired) electrons. The molecule has 2 amide bonds. The van der Waals surface area contributed by atoms with Gasteiger partial charge in [-0.1, -0.05) is 29.3 Å². The Labute approximate surface area is 120 Å². The third-order valence-electron chi connectivity index (χ3n) is 2.26. The lowest BCUT2D eigenvalue weighted by molar-refractivity contribution is 0.252. The number of carbonyl (C=O) groups excluding carboxylic acids is 1. The van der Waals surface area contributed by atoms with Gasteiger partial charge in [0.25, 0.3) is 0 Å². The van der Waals surface area contributed by atoms with E-state index < -0.39 is 0 Å². The molecule has 0 aliphatic rings. The highest BCUT2D eigenvalue weighted by Crippen LogP contribution is 2.19. The molecule has 0 aliphatic carbocycles. The van der Waals surface area contributed by atoms with Crippen LogP contribution in [0.5, 0.6) is 0 Å². The molecular weight excluding hydrogens is 282 g/mol. The minimum atomic E-state index is -0.386. The molecule has 0 atom stereocenters. The lowest BCUT2D eigenvalue weighted by Gasteiger charge is -2.03. The Kier molecular flexibility index (Phi) is 4.54. The van der Waals surface area contributed by atoms with Crippen molar-refractivity contribution in [3.63, 3.8) is 0 Å². The zero-order valence-corrected chi connectivity index (χ0v) is 11.8. The number of halogens is 1. The molecule has 0 unspecified atom stereocenters. The molecule has 4 nitrogen and oxygen atoms in total. The number of carbonyl (C=O) groups is 1. The summed E-state index contributed by atoms with van der Waals surface area (Å²) in [5.74, 6) is 0. The number of aryl methyl sites for hydroxylation is 1. The van der Waals surface area contributed by atoms with Crippen molar-refractivity contribution in [2.24, 2.45) is 5.10 Å². The molecule has 0 saturated carbocycles. The smallest absolute Gasteiger partial charge is 0.307 e. The molecule has 2 N–H and O–H groups in total. The van der Waals surface area contributed by atoms with E-state index in [4.69, 9.17) is 11.6 Å². The second-order valence-corrected chi connectivity index (χ2v) is 5.58. The van der Waals surface area contributed by atoms with Gasteiger partial charge in [-0.15, -0.1) is 11.3 Å². The maximum absolute atomic E-state index is 11.5. The molecule has 2 rings (SSSR count). The first kappa shape index (κ1) is 13.6. The fourth-order valence-corrected chi connectivity index (χ4v) is 2.28. The summed E-state index contributed by atoms with van der Waals surface area (Å²) in [6, 6.07) is 10.7. The lowest BCUT2D eigenvalue weighted by atomic mass is 10.2. The van der Waals surface area contributed by atoms with E-state index in [1.54, 1.807) is 12.3 Å². The van der Waals surface area contributed by atoms with Crippen LogP contribution in [0.4, 0.5) is 10.5 Å². The van der Waals surface area contributed by atoms with Crippen molar-refractivity contribution in [2.45, 2.75) is 6.92 Å². The molecule has 0 saturated heterocycles. The van der Waals surface area contributed by atoms with Crippen LogP contribution in [-0.4, -0.2) is 12.2 Å². The number of amides is 2. The number of hydrogen-bond donors (Lipinski definition) is 2. The minimum Gasteiger partial charge on any atom is -0.307 e. The second kappa shape index (κ2) is 6.36. The standard InChI is InChI=1S/C13H12ClN3OS/c1-9-2-4-10(5-3-9)16-13(18)17-15-8-11-6-7-12(14)19-11/h2-8H,1H3,(H2,16,17,18)/b15-8+. The SMILES string of the molecule is Cc1ccc(NC(=O)N/N=C/c2ccc(Cl)s2)cc1. The summed E-state index contributed by atoms with van der Waals surface area (Å²) in [7, 11) is 0. The van der Waals surface area contributed by atoms with Gasteiger partial charge in [0.05, 0.1) is 10.6 Å². The second-order valence-electron chi connectivity index (χ2n) is 3.83. The number of nitrogens with zero attached hydrogens (tertiary/aromatic N) is 1. The van der Waals surface area contributed by atoms with Gasteiger partial charge >= 0.3 is 6.03 Å². The number of urea groups is 1. The van der Waals surface area contributed by atoms with Gasteiger partial charge in [0.2, 0.25) is 0 Å². The number of hydrogen-bond acceptors (Lipinski definition) is 3. The highest BCUT2D eigenvalue weighted by molar-refractivity contribution is 7.17. The molecule has 1 heterocycles. The molecule has 98 valence electrons. The first-order valence-corrected chi connectivity index (χ1v) is 6.75. The normalized spacial score (nSPS) is 10.6. The number of benzene rings is 1. The van der Waals surface area contributed by atoms with Gasteiger partial charge in [0.1, 0.15) is 0 Å². The summed E-state index contributed by atoms with van der Waals surface area (Å²) in [5, 5.41) is 6.51. The van der Waals surface area contributed by atoms with Crippen LogP contribution < -0.4 is 10.7 Å². The van der Waals surface area contributed by atoms with Gasteiger partial charge in [-0.05, 0) is 31.2 Å². The molecule has 0 spiro atoms. The average molecular weight is 294 g/mol. The number of nitrogens with one attached hydrogen (secondary N) is 2. The summed E-state index contributed by atoms with van der Waals surface area (Å²) in [6.45, 7) is 1.99. The van der Waals surface area contributed by atoms with Crippen LogP contribution in [-0.2, 0) is 0 Å². The highest BCUT2D eigenvalue weighted by atomic mass is 35.5. The zero-order valence-electron chi connectivity index (χ0n) is 10.2. The van der Waals surface area contributed by atoms with Crippen molar-refractivity contribution in [3.8, 4) is 0 Å². The maximum Gasteiger partial charge on any atom is 0.339 e. The van der Waals surface area contributed by atoms with Crippen molar-refractivity contribution in [1.82, 2.24) is 5.43 Å². The molecule has 0 aliphatic heterocycles. The lowest BCUT2D eigenvalue weighted by Crippen LogP contribution is -2.24. The molecule has 19 heavy (non-hydrogen) atoms. The Balaban J connectivity index is 1.84. The molecule has 0 bridgehead atoms. The van der Waals surface area contributed by atoms with Crippen molar-refractivity contribution in [1.29, 1.82) is 0 Å². The summed E-state index contributed by atoms with van der Waals surface area (Å²) in [4.78, 5) is 12.4. The molecule has 1 aromatic carbocycles. The van der Waals surface area contributed by atoms with Gasteiger partial charge in [0, 0.05) is 10.6 Å². The van der Waals surface area contributed by atoms with Crippen LogP contribution in [0.25, 0.3) is 0 Å². The first-order chi connectivity index (χ1) is 9.13. The van der Waals surface area contributed by atoms with E-state index in [1.807, 2.05) is 37.3 Å². The maximum atomic E-state index is 11.5. The van der Waals surface area contributed by atoms with E-state index in [2.05, 4.69) is 15.8 Å². The van der Waals surface area contributed by atoms with E-state index in [0.29, 0.717) is 4.34 Å². The largest absolute Gasteiger partial charge is 0.339 e. The molecule has 2 aromatic rings. The Morgan fingerprint density at radius 2 is 2.00 bits per heavy atom. The summed E-state index contributed by atoms with van der Waals surface area (Å²) in [5.41, 5.74) is 4.24. The quantitative estimate of drug-likeness (QED) is 0.655. The third kappa shape index (κ3) is 4.39.